The number of benzene rings is 3. The van der Waals surface area contributed by atoms with Gasteiger partial charge in [-0.3, -0.25) is 4.79 Å². The second kappa shape index (κ2) is 9.45. The number of aromatic nitrogens is 1. The number of nitrogens with one attached hydrogen (secondary N) is 1. The van der Waals surface area contributed by atoms with Gasteiger partial charge in [-0.25, -0.2) is 4.98 Å². The first-order valence-electron chi connectivity index (χ1n) is 12.3. The predicted molar refractivity (Wildman–Crippen MR) is 141 cm³/mol. The minimum absolute atomic E-state index is 0.0646. The molecule has 3 aromatic carbocycles. The summed E-state index contributed by atoms with van der Waals surface area (Å²) in [4.78, 5) is 17.4. The average Bonchev–Trinajstić information content (AvgIpc) is 3.15. The number of fused-ring (bicyclic) bond motifs is 2. The molecule has 1 atom stereocenters. The van der Waals surface area contributed by atoms with Crippen molar-refractivity contribution in [3.63, 3.8) is 0 Å². The van der Waals surface area contributed by atoms with Gasteiger partial charge in [0.1, 0.15) is 5.52 Å². The maximum Gasteiger partial charge on any atom is 0.251 e. The number of anilines is 2. The average molecular weight is 469 g/mol. The summed E-state index contributed by atoms with van der Waals surface area (Å²) < 4.78 is 6.10. The quantitative estimate of drug-likeness (QED) is 0.257. The molecular formula is C29H32N4O2. The van der Waals surface area contributed by atoms with Gasteiger partial charge in [-0.2, -0.15) is 0 Å². The summed E-state index contributed by atoms with van der Waals surface area (Å²) in [6, 6.07) is 17.3. The van der Waals surface area contributed by atoms with Crippen LogP contribution in [0.15, 0.2) is 59.0 Å². The monoisotopic (exact) mass is 468 g/mol. The highest BCUT2D eigenvalue weighted by molar-refractivity contribution is 5.94. The van der Waals surface area contributed by atoms with Crippen LogP contribution in [-0.4, -0.2) is 17.4 Å². The van der Waals surface area contributed by atoms with Crippen LogP contribution in [0.3, 0.4) is 0 Å². The van der Waals surface area contributed by atoms with E-state index in [4.69, 9.17) is 15.9 Å². The van der Waals surface area contributed by atoms with Crippen LogP contribution < -0.4 is 16.8 Å². The van der Waals surface area contributed by atoms with Gasteiger partial charge in [0.05, 0.1) is 0 Å². The Morgan fingerprint density at radius 2 is 1.86 bits per heavy atom. The number of oxazole rings is 1. The molecule has 0 saturated carbocycles. The van der Waals surface area contributed by atoms with Crippen molar-refractivity contribution in [3.05, 3.63) is 76.9 Å². The van der Waals surface area contributed by atoms with Gasteiger partial charge in [0.25, 0.3) is 5.91 Å². The first-order valence-corrected chi connectivity index (χ1v) is 12.3. The lowest BCUT2D eigenvalue weighted by atomic mass is 9.99. The van der Waals surface area contributed by atoms with Crippen molar-refractivity contribution in [1.82, 2.24) is 10.3 Å². The fourth-order valence-corrected chi connectivity index (χ4v) is 4.99. The number of hydrogen-bond donors (Lipinski definition) is 3. The van der Waals surface area contributed by atoms with Crippen molar-refractivity contribution in [2.45, 2.75) is 45.4 Å². The van der Waals surface area contributed by atoms with E-state index >= 15 is 0 Å². The zero-order chi connectivity index (χ0) is 24.5. The molecule has 0 fully saturated rings. The number of aryl methyl sites for hydroxylation is 1. The number of carbonyl (C=O) groups excluding carboxylic acids is 1. The Morgan fingerprint density at radius 3 is 2.63 bits per heavy atom. The number of amides is 1. The van der Waals surface area contributed by atoms with Crippen molar-refractivity contribution in [2.75, 3.05) is 18.0 Å². The number of carbonyl (C=O) groups is 1. The molecule has 1 unspecified atom stereocenters. The van der Waals surface area contributed by atoms with E-state index in [2.05, 4.69) is 30.2 Å². The fraction of sp³-hybridized carbons (Fsp3) is 0.310. The van der Waals surface area contributed by atoms with Gasteiger partial charge in [0.15, 0.2) is 5.58 Å². The van der Waals surface area contributed by atoms with Gasteiger partial charge >= 0.3 is 0 Å². The molecular weight excluding hydrogens is 436 g/mol. The van der Waals surface area contributed by atoms with Crippen molar-refractivity contribution < 1.29 is 9.21 Å². The highest BCUT2D eigenvalue weighted by atomic mass is 16.3. The molecule has 4 aromatic rings. The molecule has 0 radical (unpaired) electrons. The summed E-state index contributed by atoms with van der Waals surface area (Å²) in [6.45, 7) is 4.87. The molecule has 0 spiro atoms. The van der Waals surface area contributed by atoms with E-state index in [1.165, 1.54) is 11.1 Å². The Kier molecular flexibility index (Phi) is 6.20. The van der Waals surface area contributed by atoms with Gasteiger partial charge in [-0.15, -0.1) is 0 Å². The standard InChI is InChI=1S/C29H32N4O2/c1-17(2)24-14-22(30)15-26-27(24)35-29(33-26)21-11-9-20(10-12-21)28(34)32-16-18-6-8-19-4-3-5-25(31)23(19)13-7-18/h3-5,9-12,14-15,17-18H,6-8,13,16,30-31H2,1-2H3,(H,32,34). The first kappa shape index (κ1) is 23.0. The van der Waals surface area contributed by atoms with Gasteiger partial charge in [-0.1, -0.05) is 26.0 Å². The smallest absolute Gasteiger partial charge is 0.251 e. The zero-order valence-corrected chi connectivity index (χ0v) is 20.3. The third-order valence-electron chi connectivity index (χ3n) is 7.04. The Bertz CT molecular complexity index is 1370. The van der Waals surface area contributed by atoms with E-state index < -0.39 is 0 Å². The number of nitrogen functional groups attached to an aromatic ring is 2. The second-order valence-corrected chi connectivity index (χ2v) is 9.85. The number of hydrogen-bond acceptors (Lipinski definition) is 5. The molecule has 35 heavy (non-hydrogen) atoms. The Hall–Kier alpha value is -3.80. The molecule has 180 valence electrons. The number of nitrogens with two attached hydrogens (primary N) is 2. The Morgan fingerprint density at radius 1 is 1.09 bits per heavy atom. The predicted octanol–water partition coefficient (Wildman–Crippen LogP) is 5.71. The summed E-state index contributed by atoms with van der Waals surface area (Å²) in [5.74, 6) is 1.17. The van der Waals surface area contributed by atoms with Gasteiger partial charge in [-0.05, 0) is 91.1 Å². The summed E-state index contributed by atoms with van der Waals surface area (Å²) in [5, 5.41) is 3.12. The summed E-state index contributed by atoms with van der Waals surface area (Å²) in [6.07, 6.45) is 4.05. The lowest BCUT2D eigenvalue weighted by molar-refractivity contribution is 0.0946. The maximum absolute atomic E-state index is 12.8. The Balaban J connectivity index is 1.24. The summed E-state index contributed by atoms with van der Waals surface area (Å²) in [7, 11) is 0. The first-order chi connectivity index (χ1) is 16.9. The summed E-state index contributed by atoms with van der Waals surface area (Å²) in [5.41, 5.74) is 20.4. The normalized spacial score (nSPS) is 15.7. The zero-order valence-electron chi connectivity index (χ0n) is 20.3. The minimum Gasteiger partial charge on any atom is -0.436 e. The van der Waals surface area contributed by atoms with Crippen LogP contribution in [0.5, 0.6) is 0 Å². The molecule has 0 bridgehead atoms. The van der Waals surface area contributed by atoms with E-state index in [-0.39, 0.29) is 11.8 Å². The SMILES string of the molecule is CC(C)c1cc(N)cc2nc(-c3ccc(C(=O)NCC4CCc5cccc(N)c5CC4)cc3)oc12. The summed E-state index contributed by atoms with van der Waals surface area (Å²) >= 11 is 0. The number of rotatable bonds is 5. The largest absolute Gasteiger partial charge is 0.436 e. The van der Waals surface area contributed by atoms with Crippen LogP contribution in [0.25, 0.3) is 22.6 Å². The molecule has 1 amide bonds. The molecule has 6 heteroatoms. The molecule has 1 aliphatic rings. The fourth-order valence-electron chi connectivity index (χ4n) is 4.99. The molecule has 1 heterocycles. The highest BCUT2D eigenvalue weighted by Crippen LogP contribution is 2.32. The van der Waals surface area contributed by atoms with Gasteiger partial charge < -0.3 is 21.2 Å². The third-order valence-corrected chi connectivity index (χ3v) is 7.04. The molecule has 0 saturated heterocycles. The van der Waals surface area contributed by atoms with Crippen LogP contribution in [0.1, 0.15) is 59.7 Å². The molecule has 0 aliphatic heterocycles. The van der Waals surface area contributed by atoms with Crippen molar-refractivity contribution in [1.29, 1.82) is 0 Å². The van der Waals surface area contributed by atoms with Crippen molar-refractivity contribution in [2.24, 2.45) is 5.92 Å². The third kappa shape index (κ3) is 4.74. The van der Waals surface area contributed by atoms with E-state index in [0.29, 0.717) is 29.6 Å². The maximum atomic E-state index is 12.8. The van der Waals surface area contributed by atoms with E-state index in [1.54, 1.807) is 0 Å². The van der Waals surface area contributed by atoms with E-state index in [1.807, 2.05) is 48.5 Å². The second-order valence-electron chi connectivity index (χ2n) is 9.85. The van der Waals surface area contributed by atoms with Crippen molar-refractivity contribution in [3.8, 4) is 11.5 Å². The van der Waals surface area contributed by atoms with E-state index in [0.717, 1.165) is 53.6 Å². The van der Waals surface area contributed by atoms with Crippen LogP contribution in [0.2, 0.25) is 0 Å². The van der Waals surface area contributed by atoms with Crippen LogP contribution in [0, 0.1) is 5.92 Å². The lowest BCUT2D eigenvalue weighted by Crippen LogP contribution is -2.29. The van der Waals surface area contributed by atoms with Crippen LogP contribution in [-0.2, 0) is 12.8 Å². The van der Waals surface area contributed by atoms with Gasteiger partial charge in [0, 0.05) is 34.6 Å². The number of nitrogens with zero attached hydrogens (tertiary/aromatic N) is 1. The Labute approximate surface area is 205 Å². The molecule has 1 aromatic heterocycles. The molecule has 1 aliphatic carbocycles. The highest BCUT2D eigenvalue weighted by Gasteiger charge is 2.19. The van der Waals surface area contributed by atoms with Crippen LogP contribution >= 0.6 is 0 Å². The van der Waals surface area contributed by atoms with Crippen molar-refractivity contribution >= 4 is 28.4 Å². The molecule has 5 N–H and O–H groups in total. The van der Waals surface area contributed by atoms with E-state index in [9.17, 15) is 4.79 Å². The topological polar surface area (TPSA) is 107 Å². The molecule has 6 nitrogen and oxygen atoms in total. The van der Waals surface area contributed by atoms with Crippen LogP contribution in [0.4, 0.5) is 11.4 Å². The van der Waals surface area contributed by atoms with Gasteiger partial charge in [0.2, 0.25) is 5.89 Å². The lowest BCUT2D eigenvalue weighted by Gasteiger charge is -2.15. The minimum atomic E-state index is -0.0646. The molecule has 5 rings (SSSR count).